The van der Waals surface area contributed by atoms with E-state index in [-0.39, 0.29) is 11.4 Å². The number of hydrogen-bond donors (Lipinski definition) is 0. The average Bonchev–Trinajstić information content (AvgIpc) is 2.98. The lowest BCUT2D eigenvalue weighted by Gasteiger charge is -2.39. The van der Waals surface area contributed by atoms with Gasteiger partial charge < -0.3 is 4.74 Å². The van der Waals surface area contributed by atoms with E-state index in [1.807, 2.05) is 6.92 Å². The van der Waals surface area contributed by atoms with Crippen molar-refractivity contribution in [3.05, 3.63) is 23.3 Å². The molecule has 1 aliphatic heterocycles. The Morgan fingerprint density at radius 3 is 2.80 bits per heavy atom. The van der Waals surface area contributed by atoms with E-state index < -0.39 is 0 Å². The zero-order valence-corrected chi connectivity index (χ0v) is 13.9. The Bertz CT molecular complexity index is 475. The quantitative estimate of drug-likeness (QED) is 0.434. The number of carbonyl (C=O) groups is 1. The molecule has 2 fully saturated rings. The Balaban J connectivity index is 1.85. The molecule has 3 aliphatic rings. The van der Waals surface area contributed by atoms with Gasteiger partial charge >= 0.3 is 5.97 Å². The van der Waals surface area contributed by atoms with E-state index in [1.165, 1.54) is 29.9 Å². The van der Waals surface area contributed by atoms with E-state index in [0.717, 1.165) is 12.8 Å². The van der Waals surface area contributed by atoms with Crippen LogP contribution in [-0.2, 0) is 9.53 Å². The predicted octanol–water partition coefficient (Wildman–Crippen LogP) is 4.17. The van der Waals surface area contributed by atoms with Crippen molar-refractivity contribution in [3.63, 3.8) is 0 Å². The highest BCUT2D eigenvalue weighted by Crippen LogP contribution is 2.60. The van der Waals surface area contributed by atoms with Gasteiger partial charge in [-0.3, -0.25) is 0 Å². The topological polar surface area (TPSA) is 26.3 Å². The van der Waals surface area contributed by atoms with Crippen molar-refractivity contribution in [2.45, 2.75) is 43.6 Å². The summed E-state index contributed by atoms with van der Waals surface area (Å²) in [5, 5.41) is 0. The number of carbonyl (C=O) groups excluding carboxylic acids is 1. The Labute approximate surface area is 129 Å². The molecule has 0 aromatic heterocycles. The zero-order chi connectivity index (χ0) is 14.2. The van der Waals surface area contributed by atoms with Crippen LogP contribution in [0.3, 0.4) is 0 Å². The minimum atomic E-state index is -0.171. The summed E-state index contributed by atoms with van der Waals surface area (Å²) in [7, 11) is 0. The van der Waals surface area contributed by atoms with Crippen LogP contribution in [0.15, 0.2) is 23.3 Å². The molecule has 0 aromatic rings. The second kappa shape index (κ2) is 5.45. The maximum atomic E-state index is 11.7. The normalized spacial score (nSPS) is 33.3. The molecule has 1 saturated heterocycles. The van der Waals surface area contributed by atoms with Gasteiger partial charge in [-0.25, -0.2) is 4.79 Å². The van der Waals surface area contributed by atoms with Crippen molar-refractivity contribution >= 4 is 29.5 Å². The second-order valence-corrected chi connectivity index (χ2v) is 9.04. The predicted molar refractivity (Wildman–Crippen MR) is 87.0 cm³/mol. The molecule has 1 heterocycles. The molecule has 20 heavy (non-hydrogen) atoms. The Morgan fingerprint density at radius 1 is 1.35 bits per heavy atom. The third kappa shape index (κ3) is 2.45. The van der Waals surface area contributed by atoms with E-state index >= 15 is 0 Å². The minimum Gasteiger partial charge on any atom is -0.463 e. The second-order valence-electron chi connectivity index (χ2n) is 5.93. The summed E-state index contributed by atoms with van der Waals surface area (Å²) in [4.78, 5) is 11.7. The Morgan fingerprint density at radius 2 is 2.10 bits per heavy atom. The van der Waals surface area contributed by atoms with Gasteiger partial charge in [-0.05, 0) is 32.6 Å². The van der Waals surface area contributed by atoms with Gasteiger partial charge in [-0.2, -0.15) is 0 Å². The van der Waals surface area contributed by atoms with Crippen LogP contribution in [0, 0.1) is 5.41 Å². The molecular weight excluding hydrogens is 288 g/mol. The van der Waals surface area contributed by atoms with E-state index in [9.17, 15) is 4.79 Å². The van der Waals surface area contributed by atoms with Crippen LogP contribution in [0.4, 0.5) is 0 Å². The first kappa shape index (κ1) is 14.6. The van der Waals surface area contributed by atoms with Crippen molar-refractivity contribution in [2.24, 2.45) is 5.41 Å². The third-order valence-corrected chi connectivity index (χ3v) is 8.21. The van der Waals surface area contributed by atoms with Gasteiger partial charge in [0.1, 0.15) is 0 Å². The third-order valence-electron chi connectivity index (χ3n) is 4.80. The van der Waals surface area contributed by atoms with Gasteiger partial charge in [0, 0.05) is 23.0 Å². The highest BCUT2D eigenvalue weighted by molar-refractivity contribution is 8.21. The molecule has 1 spiro atoms. The molecule has 0 N–H and O–H groups in total. The maximum Gasteiger partial charge on any atom is 0.330 e. The summed E-state index contributed by atoms with van der Waals surface area (Å²) in [5.74, 6) is 2.38. The van der Waals surface area contributed by atoms with Gasteiger partial charge in [0.2, 0.25) is 0 Å². The molecule has 0 aromatic carbocycles. The highest BCUT2D eigenvalue weighted by atomic mass is 32.2. The van der Waals surface area contributed by atoms with E-state index in [4.69, 9.17) is 4.74 Å². The molecule has 3 rings (SSSR count). The van der Waals surface area contributed by atoms with Crippen molar-refractivity contribution in [1.82, 2.24) is 0 Å². The molecule has 0 amide bonds. The molecule has 0 unspecified atom stereocenters. The number of rotatable bonds is 2. The standard InChI is InChI=1S/C16H22O2S2/c1-3-18-14(17)10-12-4-5-13-11-16(19-8-9-20-16)7-6-15(12,13)2/h10-11H,3-9H2,1-2H3/b12-10-/t15-/m1/s1. The number of ether oxygens (including phenoxy) is 1. The monoisotopic (exact) mass is 310 g/mol. The van der Waals surface area contributed by atoms with E-state index in [2.05, 4.69) is 36.5 Å². The first-order valence-electron chi connectivity index (χ1n) is 7.46. The fourth-order valence-electron chi connectivity index (χ4n) is 3.60. The summed E-state index contributed by atoms with van der Waals surface area (Å²) in [5.41, 5.74) is 2.95. The van der Waals surface area contributed by atoms with Gasteiger partial charge in [0.25, 0.3) is 0 Å². The van der Waals surface area contributed by atoms with Gasteiger partial charge in [0.15, 0.2) is 0 Å². The van der Waals surface area contributed by atoms with Crippen molar-refractivity contribution in [2.75, 3.05) is 18.1 Å². The van der Waals surface area contributed by atoms with Crippen LogP contribution < -0.4 is 0 Å². The van der Waals surface area contributed by atoms with Crippen molar-refractivity contribution in [3.8, 4) is 0 Å². The largest absolute Gasteiger partial charge is 0.463 e. The van der Waals surface area contributed by atoms with Crippen LogP contribution in [0.1, 0.15) is 39.5 Å². The maximum absolute atomic E-state index is 11.7. The minimum absolute atomic E-state index is 0.113. The fourth-order valence-corrected chi connectivity index (χ4v) is 6.73. The molecule has 1 atom stereocenters. The smallest absolute Gasteiger partial charge is 0.330 e. The Kier molecular flexibility index (Phi) is 3.97. The first-order valence-corrected chi connectivity index (χ1v) is 9.43. The number of allylic oxidation sites excluding steroid dienone is 2. The van der Waals surface area contributed by atoms with E-state index in [0.29, 0.717) is 10.7 Å². The van der Waals surface area contributed by atoms with Crippen molar-refractivity contribution < 1.29 is 9.53 Å². The molecule has 110 valence electrons. The molecule has 0 bridgehead atoms. The van der Waals surface area contributed by atoms with Crippen LogP contribution in [-0.4, -0.2) is 28.2 Å². The summed E-state index contributed by atoms with van der Waals surface area (Å²) in [6.45, 7) is 4.63. The van der Waals surface area contributed by atoms with Crippen LogP contribution in [0.5, 0.6) is 0 Å². The van der Waals surface area contributed by atoms with E-state index in [1.54, 1.807) is 11.6 Å². The summed E-state index contributed by atoms with van der Waals surface area (Å²) in [6.07, 6.45) is 8.83. The fraction of sp³-hybridized carbons (Fsp3) is 0.688. The number of esters is 1. The SMILES string of the molecule is CCOC(=O)/C=C1/CCC2=CC3(CC[C@@]21C)SCCS3. The van der Waals surface area contributed by atoms with Crippen LogP contribution in [0.2, 0.25) is 0 Å². The van der Waals surface area contributed by atoms with Gasteiger partial charge in [-0.15, -0.1) is 23.5 Å². The summed E-state index contributed by atoms with van der Waals surface area (Å²) >= 11 is 4.22. The highest BCUT2D eigenvalue weighted by Gasteiger charge is 2.47. The molecule has 1 saturated carbocycles. The van der Waals surface area contributed by atoms with Crippen LogP contribution >= 0.6 is 23.5 Å². The molecular formula is C16H22O2S2. The number of thioether (sulfide) groups is 2. The lowest BCUT2D eigenvalue weighted by Crippen LogP contribution is -2.29. The lowest BCUT2D eigenvalue weighted by atomic mass is 9.73. The zero-order valence-electron chi connectivity index (χ0n) is 12.2. The van der Waals surface area contributed by atoms with Gasteiger partial charge in [0.05, 0.1) is 10.7 Å². The summed E-state index contributed by atoms with van der Waals surface area (Å²) in [6, 6.07) is 0. The number of fused-ring (bicyclic) bond motifs is 1. The lowest BCUT2D eigenvalue weighted by molar-refractivity contribution is -0.137. The summed E-state index contributed by atoms with van der Waals surface area (Å²) < 4.78 is 5.42. The van der Waals surface area contributed by atoms with Crippen LogP contribution in [0.25, 0.3) is 0 Å². The molecule has 4 heteroatoms. The van der Waals surface area contributed by atoms with Gasteiger partial charge in [-0.1, -0.05) is 24.1 Å². The molecule has 2 aliphatic carbocycles. The van der Waals surface area contributed by atoms with Crippen molar-refractivity contribution in [1.29, 1.82) is 0 Å². The average molecular weight is 310 g/mol. The molecule has 2 nitrogen and oxygen atoms in total. The first-order chi connectivity index (χ1) is 9.58. The molecule has 0 radical (unpaired) electrons. The number of hydrogen-bond acceptors (Lipinski definition) is 4. The Hall–Kier alpha value is -0.350.